The summed E-state index contributed by atoms with van der Waals surface area (Å²) in [5.74, 6) is -1.75. The van der Waals surface area contributed by atoms with E-state index in [9.17, 15) is 24.0 Å². The molecule has 0 saturated heterocycles. The average Bonchev–Trinajstić information content (AvgIpc) is 2.51. The van der Waals surface area contributed by atoms with E-state index in [0.717, 1.165) is 4.57 Å². The molecule has 0 bridgehead atoms. The normalized spacial score (nSPS) is 12.8. The van der Waals surface area contributed by atoms with E-state index in [1.54, 1.807) is 0 Å². The Morgan fingerprint density at radius 1 is 1.08 bits per heavy atom. The zero-order valence-corrected chi connectivity index (χ0v) is 15.1. The summed E-state index contributed by atoms with van der Waals surface area (Å²) in [5, 5.41) is 0. The van der Waals surface area contributed by atoms with Crippen molar-refractivity contribution in [1.82, 2.24) is 9.55 Å². The van der Waals surface area contributed by atoms with Crippen LogP contribution in [0.3, 0.4) is 0 Å². The third kappa shape index (κ3) is 6.54. The molecule has 1 N–H and O–H groups in total. The minimum atomic E-state index is -1.02. The second-order valence-electron chi connectivity index (χ2n) is 5.63. The number of nitrogens with one attached hydrogen (secondary N) is 1. The van der Waals surface area contributed by atoms with Crippen molar-refractivity contribution in [3.05, 3.63) is 32.6 Å². The number of aromatic amines is 1. The monoisotopic (exact) mass is 370 g/mol. The van der Waals surface area contributed by atoms with Crippen molar-refractivity contribution < 1.29 is 28.6 Å². The van der Waals surface area contributed by atoms with E-state index in [1.807, 2.05) is 0 Å². The molecule has 1 aromatic rings. The first kappa shape index (κ1) is 21.1. The van der Waals surface area contributed by atoms with Crippen molar-refractivity contribution in [1.29, 1.82) is 0 Å². The number of H-pyrrole nitrogens is 1. The molecule has 10 heteroatoms. The predicted molar refractivity (Wildman–Crippen MR) is 88.5 cm³/mol. The number of ether oxygens (including phenoxy) is 3. The SMILES string of the molecule is CC(=O)OCC[C@@H]([C@@H](COC(C)=O)OC(C)=O)n1cc(C)c(=O)[nH]c1=O. The molecule has 0 fully saturated rings. The van der Waals surface area contributed by atoms with Crippen LogP contribution in [0.4, 0.5) is 0 Å². The number of carbonyl (C=O) groups is 3. The second-order valence-corrected chi connectivity index (χ2v) is 5.63. The Balaban J connectivity index is 3.26. The Labute approximate surface area is 149 Å². The van der Waals surface area contributed by atoms with Gasteiger partial charge in [-0.05, 0) is 6.92 Å². The van der Waals surface area contributed by atoms with Gasteiger partial charge in [0, 0.05) is 39.0 Å². The van der Waals surface area contributed by atoms with Gasteiger partial charge in [0.2, 0.25) is 0 Å². The van der Waals surface area contributed by atoms with Crippen LogP contribution in [-0.2, 0) is 28.6 Å². The molecule has 144 valence electrons. The highest BCUT2D eigenvalue weighted by Crippen LogP contribution is 2.19. The first-order valence-corrected chi connectivity index (χ1v) is 7.87. The van der Waals surface area contributed by atoms with Crippen molar-refractivity contribution in [2.45, 2.75) is 46.3 Å². The number of hydrogen-bond acceptors (Lipinski definition) is 8. The second kappa shape index (κ2) is 9.54. The Kier molecular flexibility index (Phi) is 7.76. The number of aryl methyl sites for hydroxylation is 1. The molecule has 1 rings (SSSR count). The number of carbonyl (C=O) groups excluding carboxylic acids is 3. The van der Waals surface area contributed by atoms with Crippen LogP contribution in [0.25, 0.3) is 0 Å². The van der Waals surface area contributed by atoms with Gasteiger partial charge in [-0.25, -0.2) is 4.79 Å². The van der Waals surface area contributed by atoms with Crippen LogP contribution in [0.5, 0.6) is 0 Å². The molecule has 0 saturated carbocycles. The van der Waals surface area contributed by atoms with Crippen LogP contribution in [0, 0.1) is 6.92 Å². The molecule has 0 aliphatic heterocycles. The van der Waals surface area contributed by atoms with E-state index in [2.05, 4.69) is 4.98 Å². The standard InChI is InChI=1S/C16H22N2O8/c1-9-7-18(16(23)17-15(9)22)13(5-6-24-10(2)19)14(26-12(4)21)8-25-11(3)20/h7,13-14H,5-6,8H2,1-4H3,(H,17,22,23)/t13-,14+/m0/s1. The molecule has 0 aliphatic carbocycles. The molecule has 0 radical (unpaired) electrons. The molecular weight excluding hydrogens is 348 g/mol. The topological polar surface area (TPSA) is 134 Å². The lowest BCUT2D eigenvalue weighted by molar-refractivity contribution is -0.160. The highest BCUT2D eigenvalue weighted by Gasteiger charge is 2.29. The lowest BCUT2D eigenvalue weighted by Crippen LogP contribution is -2.41. The molecule has 2 atom stereocenters. The Morgan fingerprint density at radius 2 is 1.69 bits per heavy atom. The third-order valence-electron chi connectivity index (χ3n) is 3.42. The van der Waals surface area contributed by atoms with Gasteiger partial charge in [-0.2, -0.15) is 0 Å². The molecular formula is C16H22N2O8. The summed E-state index contributed by atoms with van der Waals surface area (Å²) >= 11 is 0. The van der Waals surface area contributed by atoms with E-state index in [4.69, 9.17) is 14.2 Å². The first-order valence-electron chi connectivity index (χ1n) is 7.87. The lowest BCUT2D eigenvalue weighted by Gasteiger charge is -2.27. The molecule has 0 aromatic carbocycles. The zero-order chi connectivity index (χ0) is 19.9. The van der Waals surface area contributed by atoms with Crippen molar-refractivity contribution in [3.63, 3.8) is 0 Å². The van der Waals surface area contributed by atoms with Crippen LogP contribution in [0.15, 0.2) is 15.8 Å². The van der Waals surface area contributed by atoms with Gasteiger partial charge in [-0.3, -0.25) is 28.7 Å². The Hall–Kier alpha value is -2.91. The fourth-order valence-electron chi connectivity index (χ4n) is 2.30. The summed E-state index contributed by atoms with van der Waals surface area (Å²) < 4.78 is 16.2. The maximum atomic E-state index is 12.2. The highest BCUT2D eigenvalue weighted by molar-refractivity contribution is 5.67. The van der Waals surface area contributed by atoms with Gasteiger partial charge < -0.3 is 14.2 Å². The summed E-state index contributed by atoms with van der Waals surface area (Å²) in [6, 6.07) is -0.833. The third-order valence-corrected chi connectivity index (χ3v) is 3.42. The molecule has 10 nitrogen and oxygen atoms in total. The summed E-state index contributed by atoms with van der Waals surface area (Å²) in [4.78, 5) is 59.5. The van der Waals surface area contributed by atoms with Crippen LogP contribution < -0.4 is 11.2 Å². The molecule has 26 heavy (non-hydrogen) atoms. The first-order chi connectivity index (χ1) is 12.1. The van der Waals surface area contributed by atoms with E-state index < -0.39 is 41.3 Å². The van der Waals surface area contributed by atoms with Gasteiger partial charge >= 0.3 is 23.6 Å². The summed E-state index contributed by atoms with van der Waals surface area (Å²) in [7, 11) is 0. The average molecular weight is 370 g/mol. The van der Waals surface area contributed by atoms with Crippen molar-refractivity contribution in [2.75, 3.05) is 13.2 Å². The van der Waals surface area contributed by atoms with E-state index in [1.165, 1.54) is 33.9 Å². The quantitative estimate of drug-likeness (QED) is 0.493. The summed E-state index contributed by atoms with van der Waals surface area (Å²) in [6.07, 6.45) is 0.378. The maximum Gasteiger partial charge on any atom is 0.328 e. The number of rotatable bonds is 8. The Bertz CT molecular complexity index is 779. The van der Waals surface area contributed by atoms with Crippen molar-refractivity contribution in [2.24, 2.45) is 0 Å². The summed E-state index contributed by atoms with van der Waals surface area (Å²) in [5.41, 5.74) is -1.02. The number of aromatic nitrogens is 2. The van der Waals surface area contributed by atoms with Gasteiger partial charge in [-0.1, -0.05) is 0 Å². The van der Waals surface area contributed by atoms with Gasteiger partial charge in [0.05, 0.1) is 12.6 Å². The minimum absolute atomic E-state index is 0.0670. The smallest absolute Gasteiger partial charge is 0.328 e. The maximum absolute atomic E-state index is 12.2. The van der Waals surface area contributed by atoms with Gasteiger partial charge in [0.15, 0.2) is 6.10 Å². The highest BCUT2D eigenvalue weighted by atomic mass is 16.6. The van der Waals surface area contributed by atoms with Crippen molar-refractivity contribution >= 4 is 17.9 Å². The van der Waals surface area contributed by atoms with Crippen LogP contribution in [-0.4, -0.2) is 46.8 Å². The molecule has 0 aliphatic rings. The molecule has 1 heterocycles. The van der Waals surface area contributed by atoms with E-state index in [0.29, 0.717) is 0 Å². The minimum Gasteiger partial charge on any atom is -0.466 e. The molecule has 0 unspecified atom stereocenters. The van der Waals surface area contributed by atoms with Gasteiger partial charge in [0.1, 0.15) is 6.61 Å². The predicted octanol–water partition coefficient (Wildman–Crippen LogP) is -0.166. The fourth-order valence-corrected chi connectivity index (χ4v) is 2.30. The zero-order valence-electron chi connectivity index (χ0n) is 15.1. The largest absolute Gasteiger partial charge is 0.466 e. The van der Waals surface area contributed by atoms with Gasteiger partial charge in [-0.15, -0.1) is 0 Å². The summed E-state index contributed by atoms with van der Waals surface area (Å²) in [6.45, 7) is 4.73. The Morgan fingerprint density at radius 3 is 2.23 bits per heavy atom. The fraction of sp³-hybridized carbons (Fsp3) is 0.562. The van der Waals surface area contributed by atoms with Crippen LogP contribution >= 0.6 is 0 Å². The van der Waals surface area contributed by atoms with Crippen molar-refractivity contribution in [3.8, 4) is 0 Å². The number of hydrogen-bond donors (Lipinski definition) is 1. The van der Waals surface area contributed by atoms with E-state index >= 15 is 0 Å². The molecule has 1 aromatic heterocycles. The van der Waals surface area contributed by atoms with Crippen LogP contribution in [0.2, 0.25) is 0 Å². The molecule has 0 amide bonds. The van der Waals surface area contributed by atoms with Gasteiger partial charge in [0.25, 0.3) is 5.56 Å². The number of nitrogens with zero attached hydrogens (tertiary/aromatic N) is 1. The number of esters is 3. The molecule has 0 spiro atoms. The lowest BCUT2D eigenvalue weighted by atomic mass is 10.1. The van der Waals surface area contributed by atoms with Crippen LogP contribution in [0.1, 0.15) is 38.8 Å². The van der Waals surface area contributed by atoms with E-state index in [-0.39, 0.29) is 25.2 Å².